The Balaban J connectivity index is 1.91. The highest BCUT2D eigenvalue weighted by molar-refractivity contribution is 6.44. The van der Waals surface area contributed by atoms with E-state index in [1.807, 2.05) is 0 Å². The van der Waals surface area contributed by atoms with Crippen LogP contribution in [0.1, 0.15) is 18.5 Å². The summed E-state index contributed by atoms with van der Waals surface area (Å²) in [6.45, 7) is 1.43. The highest BCUT2D eigenvalue weighted by atomic mass is 19.2. The second-order valence-electron chi connectivity index (χ2n) is 6.17. The van der Waals surface area contributed by atoms with Crippen LogP contribution in [-0.2, 0) is 9.59 Å². The number of hydrogen-bond donors (Lipinski definition) is 1. The van der Waals surface area contributed by atoms with E-state index in [1.165, 1.54) is 13.3 Å². The van der Waals surface area contributed by atoms with E-state index < -0.39 is 41.1 Å². The number of H-pyrrole nitrogens is 1. The topological polar surface area (TPSA) is 66.1 Å². The molecule has 1 amide bonds. The van der Waals surface area contributed by atoms with Crippen molar-refractivity contribution in [3.8, 4) is 0 Å². The summed E-state index contributed by atoms with van der Waals surface area (Å²) in [5, 5.41) is 0. The van der Waals surface area contributed by atoms with Crippen molar-refractivity contribution in [2.24, 2.45) is 5.92 Å². The van der Waals surface area contributed by atoms with E-state index >= 15 is 0 Å². The summed E-state index contributed by atoms with van der Waals surface area (Å²) < 4.78 is 41.7. The van der Waals surface area contributed by atoms with Gasteiger partial charge in [-0.3, -0.25) is 14.5 Å². The Morgan fingerprint density at radius 2 is 1.88 bits per heavy atom. The Kier molecular flexibility index (Phi) is 3.57. The summed E-state index contributed by atoms with van der Waals surface area (Å²) in [5.41, 5.74) is 1.17. The van der Waals surface area contributed by atoms with Crippen LogP contribution in [0.3, 0.4) is 0 Å². The number of aromatic amines is 1. The molecule has 0 radical (unpaired) electrons. The van der Waals surface area contributed by atoms with Gasteiger partial charge in [0, 0.05) is 23.2 Å². The van der Waals surface area contributed by atoms with E-state index in [2.05, 4.69) is 9.97 Å². The smallest absolute Gasteiger partial charge is 0.295 e. The summed E-state index contributed by atoms with van der Waals surface area (Å²) in [4.78, 5) is 32.8. The highest BCUT2D eigenvalue weighted by Gasteiger charge is 2.47. The molecule has 1 aromatic heterocycles. The molecule has 2 atom stereocenters. The molecule has 2 heterocycles. The van der Waals surface area contributed by atoms with Crippen LogP contribution in [0.5, 0.6) is 0 Å². The Labute approximate surface area is 145 Å². The van der Waals surface area contributed by atoms with Crippen molar-refractivity contribution in [1.29, 1.82) is 0 Å². The zero-order chi connectivity index (χ0) is 18.6. The first-order valence-electron chi connectivity index (χ1n) is 7.83. The van der Waals surface area contributed by atoms with Gasteiger partial charge in [0.05, 0.1) is 23.4 Å². The van der Waals surface area contributed by atoms with E-state index in [4.69, 9.17) is 0 Å². The number of amides is 1. The lowest BCUT2D eigenvalue weighted by Crippen LogP contribution is -2.30. The molecule has 1 aliphatic heterocycles. The zero-order valence-corrected chi connectivity index (χ0v) is 13.5. The van der Waals surface area contributed by atoms with E-state index in [-0.39, 0.29) is 5.56 Å². The van der Waals surface area contributed by atoms with Gasteiger partial charge in [-0.25, -0.2) is 18.2 Å². The van der Waals surface area contributed by atoms with E-state index in [0.717, 1.165) is 11.0 Å². The zero-order valence-electron chi connectivity index (χ0n) is 13.5. The first kappa shape index (κ1) is 16.3. The molecule has 0 bridgehead atoms. The third-order valence-electron chi connectivity index (χ3n) is 4.62. The number of aromatic nitrogens is 2. The number of ketones is 1. The van der Waals surface area contributed by atoms with Gasteiger partial charge in [0.25, 0.3) is 5.91 Å². The summed E-state index contributed by atoms with van der Waals surface area (Å²) in [6.07, 6.45) is 1.47. The van der Waals surface area contributed by atoms with Gasteiger partial charge in [-0.1, -0.05) is 6.92 Å². The van der Waals surface area contributed by atoms with Crippen LogP contribution < -0.4 is 4.90 Å². The average Bonchev–Trinajstić information content (AvgIpc) is 3.16. The van der Waals surface area contributed by atoms with Crippen molar-refractivity contribution >= 4 is 28.4 Å². The molecule has 0 saturated carbocycles. The second-order valence-corrected chi connectivity index (χ2v) is 6.17. The fraction of sp³-hybridized carbons (Fsp3) is 0.167. The number of Topliss-reactive ketones (excluding diaryl/α,β-unsaturated/α-hetero) is 1. The van der Waals surface area contributed by atoms with Gasteiger partial charge in [-0.15, -0.1) is 0 Å². The number of hydrogen-bond acceptors (Lipinski definition) is 3. The van der Waals surface area contributed by atoms with Crippen LogP contribution >= 0.6 is 0 Å². The molecule has 8 heteroatoms. The number of nitrogens with zero attached hydrogens (tertiary/aromatic N) is 2. The Morgan fingerprint density at radius 3 is 2.65 bits per heavy atom. The first-order chi connectivity index (χ1) is 12.4. The molecule has 2 aromatic carbocycles. The minimum absolute atomic E-state index is 0.304. The normalized spacial score (nSPS) is 20.4. The molecule has 0 aliphatic carbocycles. The molecular weight excluding hydrogens is 347 g/mol. The third kappa shape index (κ3) is 2.29. The molecule has 5 nitrogen and oxygen atoms in total. The van der Waals surface area contributed by atoms with Crippen LogP contribution in [0.2, 0.25) is 0 Å². The molecule has 0 spiro atoms. The number of halogens is 3. The van der Waals surface area contributed by atoms with Gasteiger partial charge >= 0.3 is 0 Å². The van der Waals surface area contributed by atoms with Gasteiger partial charge < -0.3 is 4.98 Å². The van der Waals surface area contributed by atoms with Crippen molar-refractivity contribution in [3.63, 3.8) is 0 Å². The minimum Gasteiger partial charge on any atom is -0.345 e. The third-order valence-corrected chi connectivity index (χ3v) is 4.62. The number of carbonyl (C=O) groups is 2. The molecule has 2 unspecified atom stereocenters. The summed E-state index contributed by atoms with van der Waals surface area (Å²) >= 11 is 0. The van der Waals surface area contributed by atoms with Crippen molar-refractivity contribution in [3.05, 3.63) is 59.7 Å². The number of benzene rings is 2. The van der Waals surface area contributed by atoms with Crippen molar-refractivity contribution in [2.75, 3.05) is 4.90 Å². The Hall–Kier alpha value is -3.16. The monoisotopic (exact) mass is 359 g/mol. The predicted octanol–water partition coefficient (Wildman–Crippen LogP) is 3.27. The summed E-state index contributed by atoms with van der Waals surface area (Å²) in [5.74, 6) is -6.20. The number of anilines is 1. The number of fused-ring (bicyclic) bond motifs is 1. The van der Waals surface area contributed by atoms with Gasteiger partial charge in [0.15, 0.2) is 11.6 Å². The number of carbonyl (C=O) groups excluding carboxylic acids is 2. The van der Waals surface area contributed by atoms with Crippen LogP contribution in [0, 0.1) is 23.4 Å². The quantitative estimate of drug-likeness (QED) is 0.564. The predicted molar refractivity (Wildman–Crippen MR) is 86.8 cm³/mol. The largest absolute Gasteiger partial charge is 0.345 e. The highest BCUT2D eigenvalue weighted by Crippen LogP contribution is 2.41. The number of nitrogens with one attached hydrogen (secondary N) is 1. The lowest BCUT2D eigenvalue weighted by molar-refractivity contribution is -0.135. The number of imidazole rings is 1. The van der Waals surface area contributed by atoms with E-state index in [0.29, 0.717) is 22.8 Å². The Bertz CT molecular complexity index is 1060. The maximum Gasteiger partial charge on any atom is 0.295 e. The van der Waals surface area contributed by atoms with Crippen LogP contribution in [0.4, 0.5) is 18.9 Å². The second kappa shape index (κ2) is 5.69. The molecule has 4 rings (SSSR count). The van der Waals surface area contributed by atoms with Gasteiger partial charge in [0.2, 0.25) is 5.78 Å². The van der Waals surface area contributed by atoms with Gasteiger partial charge in [-0.2, -0.15) is 0 Å². The maximum absolute atomic E-state index is 14.3. The minimum atomic E-state index is -1.37. The lowest BCUT2D eigenvalue weighted by Gasteiger charge is -2.27. The van der Waals surface area contributed by atoms with Crippen molar-refractivity contribution in [2.45, 2.75) is 13.0 Å². The molecule has 1 aliphatic rings. The Morgan fingerprint density at radius 1 is 1.12 bits per heavy atom. The van der Waals surface area contributed by atoms with Gasteiger partial charge in [0.1, 0.15) is 5.82 Å². The fourth-order valence-electron chi connectivity index (χ4n) is 3.36. The molecule has 3 aromatic rings. The van der Waals surface area contributed by atoms with Crippen LogP contribution in [-0.4, -0.2) is 21.7 Å². The first-order valence-corrected chi connectivity index (χ1v) is 7.83. The van der Waals surface area contributed by atoms with E-state index in [1.54, 1.807) is 18.2 Å². The molecule has 26 heavy (non-hydrogen) atoms. The summed E-state index contributed by atoms with van der Waals surface area (Å²) in [7, 11) is 0. The van der Waals surface area contributed by atoms with Gasteiger partial charge in [-0.05, 0) is 24.3 Å². The maximum atomic E-state index is 14.3. The molecule has 1 N–H and O–H groups in total. The lowest BCUT2D eigenvalue weighted by atomic mass is 9.93. The molecule has 1 saturated heterocycles. The van der Waals surface area contributed by atoms with Crippen molar-refractivity contribution in [1.82, 2.24) is 9.97 Å². The molecular formula is C18H12F3N3O2. The van der Waals surface area contributed by atoms with Crippen LogP contribution in [0.25, 0.3) is 11.0 Å². The standard InChI is InChI=1S/C18H12F3N3O2/c1-8-16(11-4-9(19)5-12(20)15(11)21)24(18(26)17(8)25)10-2-3-13-14(6-10)23-7-22-13/h2-8,16H,1H3,(H,22,23). The van der Waals surface area contributed by atoms with Crippen molar-refractivity contribution < 1.29 is 22.8 Å². The molecule has 132 valence electrons. The summed E-state index contributed by atoms with van der Waals surface area (Å²) in [6, 6.07) is 4.83. The van der Waals surface area contributed by atoms with E-state index in [9.17, 15) is 22.8 Å². The number of rotatable bonds is 2. The molecule has 1 fully saturated rings. The average molecular weight is 359 g/mol. The fourth-order valence-corrected chi connectivity index (χ4v) is 3.36. The SMILES string of the molecule is CC1C(=O)C(=O)N(c2ccc3nc[nH]c3c2)C1c1cc(F)cc(F)c1F. The van der Waals surface area contributed by atoms with Crippen LogP contribution in [0.15, 0.2) is 36.7 Å².